The Morgan fingerprint density at radius 2 is 2.00 bits per heavy atom. The zero-order valence-corrected chi connectivity index (χ0v) is 11.3. The lowest BCUT2D eigenvalue weighted by Gasteiger charge is -2.15. The number of nitrogens with one attached hydrogen (secondary N) is 2. The minimum absolute atomic E-state index is 0.0289. The minimum Gasteiger partial charge on any atom is -0.326 e. The number of hydrogen-bond acceptors (Lipinski definition) is 3. The Balaban J connectivity index is 2.98. The number of alkyl halides is 3. The van der Waals surface area contributed by atoms with Gasteiger partial charge in [0.25, 0.3) is 0 Å². The molecule has 0 heterocycles. The molecule has 4 nitrogen and oxygen atoms in total. The van der Waals surface area contributed by atoms with Crippen LogP contribution in [0, 0.1) is 5.92 Å². The Labute approximate surface area is 115 Å². The van der Waals surface area contributed by atoms with E-state index in [-0.39, 0.29) is 24.1 Å². The van der Waals surface area contributed by atoms with Crippen LogP contribution in [0.1, 0.15) is 18.1 Å². The van der Waals surface area contributed by atoms with Gasteiger partial charge >= 0.3 is 6.18 Å². The molecule has 0 saturated carbocycles. The average Bonchev–Trinajstić information content (AvgIpc) is 2.37. The second-order valence-corrected chi connectivity index (χ2v) is 4.57. The van der Waals surface area contributed by atoms with E-state index < -0.39 is 11.7 Å². The van der Waals surface area contributed by atoms with E-state index in [0.29, 0.717) is 12.1 Å². The zero-order valence-electron chi connectivity index (χ0n) is 11.3. The highest BCUT2D eigenvalue weighted by molar-refractivity contribution is 5.92. The lowest BCUT2D eigenvalue weighted by molar-refractivity contribution is -0.137. The van der Waals surface area contributed by atoms with Crippen LogP contribution >= 0.6 is 0 Å². The van der Waals surface area contributed by atoms with Crippen molar-refractivity contribution in [3.8, 4) is 0 Å². The first kappa shape index (κ1) is 16.5. The lowest BCUT2D eigenvalue weighted by Crippen LogP contribution is -2.28. The second kappa shape index (κ2) is 6.71. The summed E-state index contributed by atoms with van der Waals surface area (Å²) in [4.78, 5) is 11.8. The van der Waals surface area contributed by atoms with Gasteiger partial charge in [-0.2, -0.15) is 13.2 Å². The molecule has 1 aromatic carbocycles. The summed E-state index contributed by atoms with van der Waals surface area (Å²) in [5.74, 6) is -0.697. The van der Waals surface area contributed by atoms with E-state index in [1.165, 1.54) is 6.07 Å². The van der Waals surface area contributed by atoms with Crippen LogP contribution in [0.4, 0.5) is 18.9 Å². The van der Waals surface area contributed by atoms with Crippen molar-refractivity contribution in [1.29, 1.82) is 0 Å². The Bertz CT molecular complexity index is 474. The molecule has 0 saturated heterocycles. The van der Waals surface area contributed by atoms with Gasteiger partial charge in [-0.3, -0.25) is 4.79 Å². The van der Waals surface area contributed by atoms with Crippen molar-refractivity contribution in [3.63, 3.8) is 0 Å². The fraction of sp³-hybridized carbons (Fsp3) is 0.462. The van der Waals surface area contributed by atoms with E-state index in [1.54, 1.807) is 14.0 Å². The standard InChI is InChI=1S/C13H18F3N3O/c1-8(7-18-2)12(20)19-11-4-9(6-17)3-10(5-11)13(14,15)16/h3-5,8,18H,6-7,17H2,1-2H3,(H,19,20). The van der Waals surface area contributed by atoms with Crippen LogP contribution in [-0.4, -0.2) is 19.5 Å². The van der Waals surface area contributed by atoms with Crippen molar-refractivity contribution in [1.82, 2.24) is 5.32 Å². The summed E-state index contributed by atoms with van der Waals surface area (Å²) in [5, 5.41) is 5.31. The molecule has 1 rings (SSSR count). The summed E-state index contributed by atoms with van der Waals surface area (Å²) in [6, 6.07) is 3.33. The molecule has 20 heavy (non-hydrogen) atoms. The van der Waals surface area contributed by atoms with Crippen LogP contribution in [0.5, 0.6) is 0 Å². The Hall–Kier alpha value is -1.60. The number of benzene rings is 1. The molecule has 1 amide bonds. The van der Waals surface area contributed by atoms with E-state index in [0.717, 1.165) is 12.1 Å². The summed E-state index contributed by atoms with van der Waals surface area (Å²) in [5.41, 5.74) is 4.98. The molecule has 0 aliphatic rings. The molecular weight excluding hydrogens is 271 g/mol. The highest BCUT2D eigenvalue weighted by Crippen LogP contribution is 2.32. The molecule has 1 unspecified atom stereocenters. The number of carbonyl (C=O) groups is 1. The minimum atomic E-state index is -4.47. The van der Waals surface area contributed by atoms with Gasteiger partial charge in [0.2, 0.25) is 5.91 Å². The van der Waals surface area contributed by atoms with Gasteiger partial charge in [0.15, 0.2) is 0 Å². The Morgan fingerprint density at radius 1 is 1.35 bits per heavy atom. The maximum absolute atomic E-state index is 12.7. The molecule has 0 aromatic heterocycles. The van der Waals surface area contributed by atoms with Crippen molar-refractivity contribution in [3.05, 3.63) is 29.3 Å². The summed E-state index contributed by atoms with van der Waals surface area (Å²) in [7, 11) is 1.70. The number of hydrogen-bond donors (Lipinski definition) is 3. The highest BCUT2D eigenvalue weighted by Gasteiger charge is 2.31. The van der Waals surface area contributed by atoms with Gasteiger partial charge in [-0.15, -0.1) is 0 Å². The number of halogens is 3. The lowest BCUT2D eigenvalue weighted by atomic mass is 10.1. The Morgan fingerprint density at radius 3 is 2.50 bits per heavy atom. The molecule has 1 aromatic rings. The number of carbonyl (C=O) groups excluding carboxylic acids is 1. The molecule has 0 aliphatic carbocycles. The third kappa shape index (κ3) is 4.50. The molecule has 1 atom stereocenters. The van der Waals surface area contributed by atoms with Gasteiger partial charge in [0, 0.05) is 24.7 Å². The Kier molecular flexibility index (Phi) is 5.52. The molecule has 0 bridgehead atoms. The van der Waals surface area contributed by atoms with Crippen molar-refractivity contribution in [2.45, 2.75) is 19.6 Å². The normalized spacial score (nSPS) is 13.1. The first-order valence-corrected chi connectivity index (χ1v) is 6.14. The predicted molar refractivity (Wildman–Crippen MR) is 71.1 cm³/mol. The molecule has 0 radical (unpaired) electrons. The van der Waals surface area contributed by atoms with Gasteiger partial charge < -0.3 is 16.4 Å². The fourth-order valence-electron chi connectivity index (χ4n) is 1.71. The van der Waals surface area contributed by atoms with Crippen molar-refractivity contribution < 1.29 is 18.0 Å². The monoisotopic (exact) mass is 289 g/mol. The van der Waals surface area contributed by atoms with Crippen molar-refractivity contribution >= 4 is 11.6 Å². The molecule has 4 N–H and O–H groups in total. The van der Waals surface area contributed by atoms with Gasteiger partial charge in [0.05, 0.1) is 5.56 Å². The van der Waals surface area contributed by atoms with Crippen LogP contribution in [-0.2, 0) is 17.5 Å². The fourth-order valence-corrected chi connectivity index (χ4v) is 1.71. The van der Waals surface area contributed by atoms with Gasteiger partial charge in [-0.25, -0.2) is 0 Å². The largest absolute Gasteiger partial charge is 0.416 e. The van der Waals surface area contributed by atoms with E-state index >= 15 is 0 Å². The SMILES string of the molecule is CNCC(C)C(=O)Nc1cc(CN)cc(C(F)(F)F)c1. The van der Waals surface area contributed by atoms with Crippen LogP contribution < -0.4 is 16.4 Å². The van der Waals surface area contributed by atoms with E-state index in [9.17, 15) is 18.0 Å². The van der Waals surface area contributed by atoms with E-state index in [4.69, 9.17) is 5.73 Å². The summed E-state index contributed by atoms with van der Waals surface area (Å²) in [6.45, 7) is 2.09. The predicted octanol–water partition coefficient (Wildman–Crippen LogP) is 1.96. The smallest absolute Gasteiger partial charge is 0.326 e. The summed E-state index contributed by atoms with van der Waals surface area (Å²) >= 11 is 0. The van der Waals surface area contributed by atoms with Crippen LogP contribution in [0.3, 0.4) is 0 Å². The molecule has 0 spiro atoms. The summed E-state index contributed by atoms with van der Waals surface area (Å²) < 4.78 is 38.2. The zero-order chi connectivity index (χ0) is 15.3. The highest BCUT2D eigenvalue weighted by atomic mass is 19.4. The van der Waals surface area contributed by atoms with Crippen LogP contribution in [0.25, 0.3) is 0 Å². The van der Waals surface area contributed by atoms with Crippen LogP contribution in [0.2, 0.25) is 0 Å². The molecule has 7 heteroatoms. The van der Waals surface area contributed by atoms with Gasteiger partial charge in [-0.05, 0) is 30.8 Å². The van der Waals surface area contributed by atoms with Crippen LogP contribution in [0.15, 0.2) is 18.2 Å². The van der Waals surface area contributed by atoms with Gasteiger partial charge in [-0.1, -0.05) is 6.92 Å². The van der Waals surface area contributed by atoms with Gasteiger partial charge in [0.1, 0.15) is 0 Å². The van der Waals surface area contributed by atoms with E-state index in [2.05, 4.69) is 10.6 Å². The number of rotatable bonds is 5. The number of anilines is 1. The number of amides is 1. The molecule has 0 aliphatic heterocycles. The first-order valence-electron chi connectivity index (χ1n) is 6.14. The third-order valence-corrected chi connectivity index (χ3v) is 2.78. The molecular formula is C13H18F3N3O. The van der Waals surface area contributed by atoms with Crippen molar-refractivity contribution in [2.75, 3.05) is 18.9 Å². The maximum Gasteiger partial charge on any atom is 0.416 e. The summed E-state index contributed by atoms with van der Waals surface area (Å²) in [6.07, 6.45) is -4.47. The first-order chi connectivity index (χ1) is 9.27. The van der Waals surface area contributed by atoms with Crippen molar-refractivity contribution in [2.24, 2.45) is 11.7 Å². The second-order valence-electron chi connectivity index (χ2n) is 4.57. The van der Waals surface area contributed by atoms with E-state index in [1.807, 2.05) is 0 Å². The molecule has 112 valence electrons. The molecule has 0 fully saturated rings. The topological polar surface area (TPSA) is 67.2 Å². The maximum atomic E-state index is 12.7. The quantitative estimate of drug-likeness (QED) is 0.776. The average molecular weight is 289 g/mol. The third-order valence-electron chi connectivity index (χ3n) is 2.78. The number of nitrogens with two attached hydrogens (primary N) is 1.